The first-order valence-corrected chi connectivity index (χ1v) is 9.23. The number of carbonyl (C=O) groups excluding carboxylic acids is 3. The first-order valence-electron chi connectivity index (χ1n) is 9.23. The first kappa shape index (κ1) is 19.8. The number of hydrogen-bond acceptors (Lipinski definition) is 5. The molecule has 0 bridgehead atoms. The van der Waals surface area contributed by atoms with Gasteiger partial charge in [0, 0.05) is 33.2 Å². The van der Waals surface area contributed by atoms with Crippen LogP contribution in [0.1, 0.15) is 37.5 Å². The number of methoxy groups -OCH3 is 1. The van der Waals surface area contributed by atoms with Crippen molar-refractivity contribution < 1.29 is 19.1 Å². The van der Waals surface area contributed by atoms with Gasteiger partial charge in [0.05, 0.1) is 12.2 Å². The zero-order chi connectivity index (χ0) is 20.1. The third-order valence-corrected chi connectivity index (χ3v) is 4.90. The lowest BCUT2D eigenvalue weighted by Crippen LogP contribution is -2.42. The molecule has 0 unspecified atom stereocenters. The van der Waals surface area contributed by atoms with E-state index < -0.39 is 17.8 Å². The van der Waals surface area contributed by atoms with Crippen LogP contribution in [0, 0.1) is 0 Å². The van der Waals surface area contributed by atoms with Crippen molar-refractivity contribution in [3.8, 4) is 0 Å². The molecular formula is C20H24N4O4. The number of aromatic nitrogens is 2. The van der Waals surface area contributed by atoms with Crippen LogP contribution in [0.5, 0.6) is 0 Å². The summed E-state index contributed by atoms with van der Waals surface area (Å²) in [6.45, 7) is 2.26. The van der Waals surface area contributed by atoms with E-state index in [1.54, 1.807) is 21.8 Å². The van der Waals surface area contributed by atoms with E-state index in [1.165, 1.54) is 14.0 Å². The van der Waals surface area contributed by atoms with Crippen molar-refractivity contribution in [2.75, 3.05) is 25.5 Å². The largest absolute Gasteiger partial charge is 0.367 e. The van der Waals surface area contributed by atoms with Crippen molar-refractivity contribution >= 4 is 23.4 Å². The summed E-state index contributed by atoms with van der Waals surface area (Å²) in [6, 6.07) is 11.1. The first-order chi connectivity index (χ1) is 13.5. The number of piperidine rings is 1. The average molecular weight is 384 g/mol. The molecule has 8 heteroatoms. The zero-order valence-corrected chi connectivity index (χ0v) is 16.0. The summed E-state index contributed by atoms with van der Waals surface area (Å²) in [6.07, 6.45) is 2.23. The minimum absolute atomic E-state index is 0.0408. The summed E-state index contributed by atoms with van der Waals surface area (Å²) in [5.41, 5.74) is 0.768. The van der Waals surface area contributed by atoms with Crippen LogP contribution in [0.4, 0.5) is 5.82 Å². The van der Waals surface area contributed by atoms with Crippen molar-refractivity contribution in [3.05, 3.63) is 48.2 Å². The monoisotopic (exact) mass is 384 g/mol. The summed E-state index contributed by atoms with van der Waals surface area (Å²) in [5.74, 6) is -0.589. The molecular weight excluding hydrogens is 360 g/mol. The van der Waals surface area contributed by atoms with Gasteiger partial charge in [0.2, 0.25) is 5.78 Å². The minimum atomic E-state index is -0.723. The summed E-state index contributed by atoms with van der Waals surface area (Å²) in [5, 5.41) is 7.24. The molecule has 2 heterocycles. The van der Waals surface area contributed by atoms with Gasteiger partial charge in [0.15, 0.2) is 6.10 Å². The molecule has 1 aromatic carbocycles. The molecule has 2 aromatic rings. The van der Waals surface area contributed by atoms with Crippen LogP contribution < -0.4 is 5.32 Å². The van der Waals surface area contributed by atoms with Gasteiger partial charge < -0.3 is 15.0 Å². The highest BCUT2D eigenvalue weighted by Gasteiger charge is 2.28. The van der Waals surface area contributed by atoms with E-state index in [2.05, 4.69) is 10.4 Å². The smallest absolute Gasteiger partial charge is 0.289 e. The number of anilines is 1. The Bertz CT molecular complexity index is 841. The number of nitrogens with one attached hydrogen (secondary N) is 1. The molecule has 0 aliphatic carbocycles. The molecule has 0 spiro atoms. The fraction of sp³-hybridized carbons (Fsp3) is 0.400. The number of hydrogen-bond donors (Lipinski definition) is 1. The number of ether oxygens (including phenoxy) is 1. The van der Waals surface area contributed by atoms with Crippen molar-refractivity contribution in [3.63, 3.8) is 0 Å². The highest BCUT2D eigenvalue weighted by atomic mass is 16.5. The minimum Gasteiger partial charge on any atom is -0.367 e. The molecule has 1 saturated heterocycles. The number of nitrogens with zero attached hydrogens (tertiary/aromatic N) is 3. The lowest BCUT2D eigenvalue weighted by atomic mass is 10.0. The standard InChI is InChI=1S/C20H24N4O4/c1-14(25)20(27)23-12-9-16(10-13-23)24-17(8-11-21-24)22-19(26)18(28-2)15-6-4-3-5-7-15/h3-8,11,16,18H,9-10,12-13H2,1-2H3,(H,22,26)/t18-/m0/s1. The van der Waals surface area contributed by atoms with Crippen molar-refractivity contribution in [1.29, 1.82) is 0 Å². The highest BCUT2D eigenvalue weighted by Crippen LogP contribution is 2.26. The van der Waals surface area contributed by atoms with Crippen LogP contribution >= 0.6 is 0 Å². The molecule has 1 fully saturated rings. The van der Waals surface area contributed by atoms with Crippen molar-refractivity contribution in [1.82, 2.24) is 14.7 Å². The SMILES string of the molecule is CO[C@H](C(=O)Nc1ccnn1C1CCN(C(=O)C(C)=O)CC1)c1ccccc1. The Morgan fingerprint density at radius 1 is 1.14 bits per heavy atom. The van der Waals surface area contributed by atoms with Crippen molar-refractivity contribution in [2.45, 2.75) is 31.9 Å². The predicted molar refractivity (Wildman–Crippen MR) is 103 cm³/mol. The van der Waals surface area contributed by atoms with Gasteiger partial charge in [-0.3, -0.25) is 14.4 Å². The fourth-order valence-corrected chi connectivity index (χ4v) is 3.45. The van der Waals surface area contributed by atoms with Crippen LogP contribution in [0.15, 0.2) is 42.6 Å². The Labute approximate surface area is 163 Å². The van der Waals surface area contributed by atoms with E-state index >= 15 is 0 Å². The number of rotatable bonds is 6. The molecule has 3 rings (SSSR count). The average Bonchev–Trinajstić information content (AvgIpc) is 3.17. The fourth-order valence-electron chi connectivity index (χ4n) is 3.45. The molecule has 148 valence electrons. The molecule has 0 radical (unpaired) electrons. The Morgan fingerprint density at radius 2 is 1.82 bits per heavy atom. The Hall–Kier alpha value is -3.00. The molecule has 2 amide bonds. The third-order valence-electron chi connectivity index (χ3n) is 4.90. The highest BCUT2D eigenvalue weighted by molar-refractivity contribution is 6.35. The zero-order valence-electron chi connectivity index (χ0n) is 16.0. The van der Waals surface area contributed by atoms with E-state index in [0.29, 0.717) is 31.7 Å². The number of carbonyl (C=O) groups is 3. The second-order valence-corrected chi connectivity index (χ2v) is 6.76. The van der Waals surface area contributed by atoms with Crippen LogP contribution in [-0.2, 0) is 19.1 Å². The number of ketones is 1. The number of likely N-dealkylation sites (tertiary alicyclic amines) is 1. The Kier molecular flexibility index (Phi) is 6.20. The van der Waals surface area contributed by atoms with Crippen molar-refractivity contribution in [2.24, 2.45) is 0 Å². The number of benzene rings is 1. The van der Waals surface area contributed by atoms with Crippen LogP contribution in [0.25, 0.3) is 0 Å². The van der Waals surface area contributed by atoms with E-state index in [-0.39, 0.29) is 11.9 Å². The summed E-state index contributed by atoms with van der Waals surface area (Å²) >= 11 is 0. The Balaban J connectivity index is 1.67. The summed E-state index contributed by atoms with van der Waals surface area (Å²) in [7, 11) is 1.50. The van der Waals surface area contributed by atoms with Crippen LogP contribution in [-0.4, -0.2) is 52.5 Å². The molecule has 28 heavy (non-hydrogen) atoms. The summed E-state index contributed by atoms with van der Waals surface area (Å²) in [4.78, 5) is 37.4. The lowest BCUT2D eigenvalue weighted by molar-refractivity contribution is -0.144. The molecule has 1 N–H and O–H groups in total. The van der Waals surface area contributed by atoms with Gasteiger partial charge in [0.1, 0.15) is 5.82 Å². The van der Waals surface area contributed by atoms with Crippen LogP contribution in [0.2, 0.25) is 0 Å². The van der Waals surface area contributed by atoms with E-state index in [1.807, 2.05) is 30.3 Å². The van der Waals surface area contributed by atoms with Gasteiger partial charge >= 0.3 is 0 Å². The Morgan fingerprint density at radius 3 is 2.43 bits per heavy atom. The maximum absolute atomic E-state index is 12.7. The van der Waals surface area contributed by atoms with E-state index in [9.17, 15) is 14.4 Å². The van der Waals surface area contributed by atoms with E-state index in [4.69, 9.17) is 4.74 Å². The second-order valence-electron chi connectivity index (χ2n) is 6.76. The molecule has 1 aliphatic rings. The molecule has 1 aromatic heterocycles. The molecule has 8 nitrogen and oxygen atoms in total. The van der Waals surface area contributed by atoms with E-state index in [0.717, 1.165) is 5.56 Å². The van der Waals surface area contributed by atoms with Gasteiger partial charge in [-0.25, -0.2) is 4.68 Å². The topological polar surface area (TPSA) is 93.5 Å². The molecule has 1 aliphatic heterocycles. The number of Topliss-reactive ketones (excluding diaryl/α,β-unsaturated/α-hetero) is 1. The van der Waals surface area contributed by atoms with Gasteiger partial charge in [-0.2, -0.15) is 5.10 Å². The van der Waals surface area contributed by atoms with Gasteiger partial charge in [0.25, 0.3) is 11.8 Å². The van der Waals surface area contributed by atoms with Gasteiger partial charge in [-0.1, -0.05) is 30.3 Å². The molecule has 1 atom stereocenters. The molecule has 0 saturated carbocycles. The maximum atomic E-state index is 12.7. The van der Waals surface area contributed by atoms with Crippen LogP contribution in [0.3, 0.4) is 0 Å². The summed E-state index contributed by atoms with van der Waals surface area (Å²) < 4.78 is 7.15. The van der Waals surface area contributed by atoms with Gasteiger partial charge in [-0.15, -0.1) is 0 Å². The maximum Gasteiger partial charge on any atom is 0.289 e. The lowest BCUT2D eigenvalue weighted by Gasteiger charge is -2.32. The second kappa shape index (κ2) is 8.79. The van der Waals surface area contributed by atoms with Gasteiger partial charge in [-0.05, 0) is 18.4 Å². The third kappa shape index (κ3) is 4.28. The predicted octanol–water partition coefficient (Wildman–Crippen LogP) is 1.96. The number of amides is 2. The quantitative estimate of drug-likeness (QED) is 0.769. The normalized spacial score (nSPS) is 15.9.